The molecule has 5 nitrogen and oxygen atoms in total. The number of hydrogen-bond donors (Lipinski definition) is 2. The molecule has 0 atom stereocenters. The standard InChI is InChI=1S/C9H8N4O/c10-8(14)9-12-5-3-7(13-9)6-2-1-4-11-6/h1-5,11H,(H2,10,14). The van der Waals surface area contributed by atoms with E-state index in [4.69, 9.17) is 5.73 Å². The summed E-state index contributed by atoms with van der Waals surface area (Å²) in [6.07, 6.45) is 3.28. The lowest BCUT2D eigenvalue weighted by Crippen LogP contribution is -2.15. The van der Waals surface area contributed by atoms with E-state index in [0.717, 1.165) is 5.69 Å². The molecule has 0 fully saturated rings. The van der Waals surface area contributed by atoms with Crippen LogP contribution in [-0.4, -0.2) is 20.9 Å². The Morgan fingerprint density at radius 1 is 1.43 bits per heavy atom. The van der Waals surface area contributed by atoms with Crippen LogP contribution in [0, 0.1) is 0 Å². The highest BCUT2D eigenvalue weighted by molar-refractivity contribution is 5.89. The van der Waals surface area contributed by atoms with Crippen LogP contribution >= 0.6 is 0 Å². The summed E-state index contributed by atoms with van der Waals surface area (Å²) >= 11 is 0. The topological polar surface area (TPSA) is 84.7 Å². The van der Waals surface area contributed by atoms with E-state index in [2.05, 4.69) is 15.0 Å². The van der Waals surface area contributed by atoms with Crippen molar-refractivity contribution in [3.63, 3.8) is 0 Å². The average Bonchev–Trinajstić information content (AvgIpc) is 2.71. The summed E-state index contributed by atoms with van der Waals surface area (Å²) in [6, 6.07) is 5.41. The fraction of sp³-hybridized carbons (Fsp3) is 0. The minimum Gasteiger partial charge on any atom is -0.363 e. The van der Waals surface area contributed by atoms with Gasteiger partial charge in [-0.15, -0.1) is 0 Å². The van der Waals surface area contributed by atoms with Gasteiger partial charge in [0.1, 0.15) is 0 Å². The number of aromatic amines is 1. The van der Waals surface area contributed by atoms with Crippen molar-refractivity contribution in [1.29, 1.82) is 0 Å². The molecule has 2 heterocycles. The van der Waals surface area contributed by atoms with E-state index in [0.29, 0.717) is 5.69 Å². The van der Waals surface area contributed by atoms with Crippen molar-refractivity contribution < 1.29 is 4.79 Å². The van der Waals surface area contributed by atoms with Crippen LogP contribution in [0.2, 0.25) is 0 Å². The lowest BCUT2D eigenvalue weighted by molar-refractivity contribution is 0.0990. The summed E-state index contributed by atoms with van der Waals surface area (Å²) in [7, 11) is 0. The molecule has 0 saturated carbocycles. The minimum absolute atomic E-state index is 0.0251. The molecular formula is C9H8N4O. The fourth-order valence-electron chi connectivity index (χ4n) is 1.12. The summed E-state index contributed by atoms with van der Waals surface area (Å²) in [5.74, 6) is -0.601. The molecule has 0 aromatic carbocycles. The number of aromatic nitrogens is 3. The van der Waals surface area contributed by atoms with Gasteiger partial charge in [-0.25, -0.2) is 9.97 Å². The molecule has 3 N–H and O–H groups in total. The van der Waals surface area contributed by atoms with E-state index in [9.17, 15) is 4.79 Å². The number of nitrogens with zero attached hydrogens (tertiary/aromatic N) is 2. The van der Waals surface area contributed by atoms with Gasteiger partial charge in [0.15, 0.2) is 0 Å². The summed E-state index contributed by atoms with van der Waals surface area (Å²) in [5.41, 5.74) is 6.54. The van der Waals surface area contributed by atoms with Gasteiger partial charge in [-0.2, -0.15) is 0 Å². The lowest BCUT2D eigenvalue weighted by atomic mass is 10.3. The summed E-state index contributed by atoms with van der Waals surface area (Å²) in [5, 5.41) is 0. The largest absolute Gasteiger partial charge is 0.363 e. The predicted molar refractivity (Wildman–Crippen MR) is 50.3 cm³/mol. The number of nitrogens with one attached hydrogen (secondary N) is 1. The van der Waals surface area contributed by atoms with Crippen molar-refractivity contribution in [3.8, 4) is 11.4 Å². The highest BCUT2D eigenvalue weighted by Crippen LogP contribution is 2.12. The Bertz CT molecular complexity index is 450. The molecule has 14 heavy (non-hydrogen) atoms. The molecule has 0 unspecified atom stereocenters. The normalized spacial score (nSPS) is 10.0. The first-order valence-electron chi connectivity index (χ1n) is 4.04. The predicted octanol–water partition coefficient (Wildman–Crippen LogP) is 0.571. The number of amides is 1. The lowest BCUT2D eigenvalue weighted by Gasteiger charge is -1.98. The Kier molecular flexibility index (Phi) is 1.98. The second-order valence-corrected chi connectivity index (χ2v) is 2.71. The van der Waals surface area contributed by atoms with Crippen LogP contribution in [0.15, 0.2) is 30.6 Å². The number of rotatable bonds is 2. The third-order valence-corrected chi connectivity index (χ3v) is 1.75. The average molecular weight is 188 g/mol. The van der Waals surface area contributed by atoms with Gasteiger partial charge in [-0.1, -0.05) is 0 Å². The van der Waals surface area contributed by atoms with Crippen molar-refractivity contribution in [2.75, 3.05) is 0 Å². The van der Waals surface area contributed by atoms with E-state index in [1.54, 1.807) is 12.3 Å². The summed E-state index contributed by atoms with van der Waals surface area (Å²) in [6.45, 7) is 0. The number of carbonyl (C=O) groups excluding carboxylic acids is 1. The fourth-order valence-corrected chi connectivity index (χ4v) is 1.12. The van der Waals surface area contributed by atoms with Crippen molar-refractivity contribution in [2.24, 2.45) is 5.73 Å². The Morgan fingerprint density at radius 2 is 2.29 bits per heavy atom. The number of nitrogens with two attached hydrogens (primary N) is 1. The molecule has 2 rings (SSSR count). The Balaban J connectivity index is 2.46. The van der Waals surface area contributed by atoms with Crippen LogP contribution in [0.1, 0.15) is 10.6 Å². The second-order valence-electron chi connectivity index (χ2n) is 2.71. The van der Waals surface area contributed by atoms with Gasteiger partial charge in [-0.3, -0.25) is 4.79 Å². The van der Waals surface area contributed by atoms with Crippen LogP contribution < -0.4 is 5.73 Å². The van der Waals surface area contributed by atoms with Crippen molar-refractivity contribution in [1.82, 2.24) is 15.0 Å². The van der Waals surface area contributed by atoms with Crippen LogP contribution in [0.4, 0.5) is 0 Å². The quantitative estimate of drug-likeness (QED) is 0.722. The minimum atomic E-state index is -0.626. The molecule has 0 radical (unpaired) electrons. The first-order chi connectivity index (χ1) is 6.77. The molecule has 0 aliphatic rings. The highest BCUT2D eigenvalue weighted by atomic mass is 16.1. The smallest absolute Gasteiger partial charge is 0.286 e. The maximum Gasteiger partial charge on any atom is 0.286 e. The molecule has 70 valence electrons. The molecule has 0 saturated heterocycles. The van der Waals surface area contributed by atoms with Crippen molar-refractivity contribution >= 4 is 5.91 Å². The first-order valence-corrected chi connectivity index (χ1v) is 4.04. The van der Waals surface area contributed by atoms with Crippen LogP contribution in [-0.2, 0) is 0 Å². The first kappa shape index (κ1) is 8.43. The summed E-state index contributed by atoms with van der Waals surface area (Å²) in [4.78, 5) is 21.5. The molecule has 1 amide bonds. The molecule has 0 bridgehead atoms. The van der Waals surface area contributed by atoms with Crippen LogP contribution in [0.25, 0.3) is 11.4 Å². The third-order valence-electron chi connectivity index (χ3n) is 1.75. The van der Waals surface area contributed by atoms with Gasteiger partial charge in [0.25, 0.3) is 5.91 Å². The maximum absolute atomic E-state index is 10.8. The van der Waals surface area contributed by atoms with Gasteiger partial charge in [0.05, 0.1) is 11.4 Å². The summed E-state index contributed by atoms with van der Waals surface area (Å²) < 4.78 is 0. The van der Waals surface area contributed by atoms with Gasteiger partial charge in [0.2, 0.25) is 5.82 Å². The number of primary amides is 1. The Labute approximate surface area is 80.0 Å². The molecular weight excluding hydrogens is 180 g/mol. The molecule has 2 aromatic rings. The Morgan fingerprint density at radius 3 is 2.93 bits per heavy atom. The van der Waals surface area contributed by atoms with E-state index >= 15 is 0 Å². The number of carbonyl (C=O) groups is 1. The van der Waals surface area contributed by atoms with Gasteiger partial charge in [0, 0.05) is 12.4 Å². The molecule has 2 aromatic heterocycles. The Hall–Kier alpha value is -2.17. The molecule has 0 spiro atoms. The van der Waals surface area contributed by atoms with Crippen LogP contribution in [0.3, 0.4) is 0 Å². The third kappa shape index (κ3) is 1.47. The zero-order chi connectivity index (χ0) is 9.97. The van der Waals surface area contributed by atoms with Crippen molar-refractivity contribution in [3.05, 3.63) is 36.4 Å². The van der Waals surface area contributed by atoms with Crippen LogP contribution in [0.5, 0.6) is 0 Å². The maximum atomic E-state index is 10.8. The number of hydrogen-bond acceptors (Lipinski definition) is 3. The molecule has 0 aliphatic carbocycles. The molecule has 5 heteroatoms. The number of H-pyrrole nitrogens is 1. The highest BCUT2D eigenvalue weighted by Gasteiger charge is 2.06. The SMILES string of the molecule is NC(=O)c1nccc(-c2ccc[nH]2)n1. The van der Waals surface area contributed by atoms with E-state index < -0.39 is 5.91 Å². The van der Waals surface area contributed by atoms with Crippen molar-refractivity contribution in [2.45, 2.75) is 0 Å². The molecule has 0 aliphatic heterocycles. The van der Waals surface area contributed by atoms with E-state index in [1.807, 2.05) is 12.1 Å². The van der Waals surface area contributed by atoms with Gasteiger partial charge in [-0.05, 0) is 18.2 Å². The second kappa shape index (κ2) is 3.29. The van der Waals surface area contributed by atoms with Gasteiger partial charge < -0.3 is 10.7 Å². The zero-order valence-electron chi connectivity index (χ0n) is 7.27. The van der Waals surface area contributed by atoms with E-state index in [-0.39, 0.29) is 5.82 Å². The van der Waals surface area contributed by atoms with Gasteiger partial charge >= 0.3 is 0 Å². The zero-order valence-corrected chi connectivity index (χ0v) is 7.27. The van der Waals surface area contributed by atoms with E-state index in [1.165, 1.54) is 6.20 Å². The monoisotopic (exact) mass is 188 g/mol.